The van der Waals surface area contributed by atoms with E-state index in [1.54, 1.807) is 25.9 Å². The number of amides is 2. The second-order valence-corrected chi connectivity index (χ2v) is 4.76. The maximum atomic E-state index is 12.2. The average molecular weight is 274 g/mol. The van der Waals surface area contributed by atoms with E-state index < -0.39 is 12.0 Å². The summed E-state index contributed by atoms with van der Waals surface area (Å²) >= 11 is 0. The number of likely N-dealkylation sites (N-methyl/N-ethyl adjacent to an activating group) is 1. The first-order valence-electron chi connectivity index (χ1n) is 6.33. The number of rotatable bonds is 2. The molecule has 0 bridgehead atoms. The fraction of sp³-hybridized carbons (Fsp3) is 0.333. The molecule has 2 rings (SSSR count). The Morgan fingerprint density at radius 3 is 2.35 bits per heavy atom. The van der Waals surface area contributed by atoms with E-state index in [1.807, 2.05) is 30.3 Å². The molecule has 1 aromatic rings. The predicted octanol–water partition coefficient (Wildman–Crippen LogP) is 2.17. The Morgan fingerprint density at radius 1 is 1.20 bits per heavy atom. The second kappa shape index (κ2) is 5.36. The van der Waals surface area contributed by atoms with E-state index in [9.17, 15) is 9.59 Å². The summed E-state index contributed by atoms with van der Waals surface area (Å²) in [5.74, 6) is -0.414. The van der Waals surface area contributed by atoms with Gasteiger partial charge in [0.05, 0.1) is 18.7 Å². The molecule has 1 aliphatic rings. The Morgan fingerprint density at radius 2 is 1.80 bits per heavy atom. The minimum Gasteiger partial charge on any atom is -0.466 e. The molecule has 5 nitrogen and oxygen atoms in total. The zero-order chi connectivity index (χ0) is 14.9. The van der Waals surface area contributed by atoms with Gasteiger partial charge in [0.2, 0.25) is 0 Å². The second-order valence-electron chi connectivity index (χ2n) is 4.76. The number of hydrogen-bond acceptors (Lipinski definition) is 3. The molecule has 1 unspecified atom stereocenters. The first-order valence-corrected chi connectivity index (χ1v) is 6.33. The number of benzene rings is 1. The fourth-order valence-electron chi connectivity index (χ4n) is 2.46. The first-order chi connectivity index (χ1) is 9.49. The fourth-order valence-corrected chi connectivity index (χ4v) is 2.46. The molecule has 0 saturated carbocycles. The average Bonchev–Trinajstić information content (AvgIpc) is 2.48. The number of methoxy groups -OCH3 is 1. The quantitative estimate of drug-likeness (QED) is 0.777. The molecule has 1 atom stereocenters. The smallest absolute Gasteiger partial charge is 0.337 e. The van der Waals surface area contributed by atoms with Crippen LogP contribution in [0, 0.1) is 0 Å². The SMILES string of the molecule is COC(=O)C1=C(C)N(C)C(=O)N(C)C1c1ccccc1. The zero-order valence-electron chi connectivity index (χ0n) is 12.1. The van der Waals surface area contributed by atoms with Gasteiger partial charge in [0, 0.05) is 19.8 Å². The van der Waals surface area contributed by atoms with E-state index in [0.29, 0.717) is 11.3 Å². The van der Waals surface area contributed by atoms with Crippen molar-refractivity contribution in [3.8, 4) is 0 Å². The molecule has 0 saturated heterocycles. The van der Waals surface area contributed by atoms with Gasteiger partial charge in [-0.1, -0.05) is 30.3 Å². The maximum absolute atomic E-state index is 12.2. The summed E-state index contributed by atoms with van der Waals surface area (Å²) in [4.78, 5) is 27.4. The van der Waals surface area contributed by atoms with Crippen molar-refractivity contribution in [2.75, 3.05) is 21.2 Å². The summed E-state index contributed by atoms with van der Waals surface area (Å²) in [5.41, 5.74) is 1.99. The Labute approximate surface area is 118 Å². The van der Waals surface area contributed by atoms with Crippen molar-refractivity contribution in [3.05, 3.63) is 47.2 Å². The molecule has 106 valence electrons. The van der Waals surface area contributed by atoms with Gasteiger partial charge in [-0.2, -0.15) is 0 Å². The summed E-state index contributed by atoms with van der Waals surface area (Å²) < 4.78 is 4.88. The van der Waals surface area contributed by atoms with Crippen LogP contribution in [-0.4, -0.2) is 43.0 Å². The Balaban J connectivity index is 2.61. The van der Waals surface area contributed by atoms with Crippen LogP contribution in [0.4, 0.5) is 4.79 Å². The van der Waals surface area contributed by atoms with Crippen molar-refractivity contribution in [1.82, 2.24) is 9.80 Å². The molecule has 0 aliphatic carbocycles. The lowest BCUT2D eigenvalue weighted by molar-refractivity contribution is -0.137. The number of hydrogen-bond donors (Lipinski definition) is 0. The highest BCUT2D eigenvalue weighted by molar-refractivity contribution is 5.94. The molecule has 1 heterocycles. The van der Waals surface area contributed by atoms with Gasteiger partial charge < -0.3 is 14.5 Å². The van der Waals surface area contributed by atoms with Gasteiger partial charge in [-0.05, 0) is 12.5 Å². The number of carbonyl (C=O) groups is 2. The zero-order valence-corrected chi connectivity index (χ0v) is 12.1. The highest BCUT2D eigenvalue weighted by atomic mass is 16.5. The molecule has 2 amide bonds. The van der Waals surface area contributed by atoms with Crippen LogP contribution in [0.5, 0.6) is 0 Å². The third-order valence-electron chi connectivity index (χ3n) is 3.66. The lowest BCUT2D eigenvalue weighted by atomic mass is 9.94. The standard InChI is InChI=1S/C15H18N2O3/c1-10-12(14(18)20-4)13(11-8-6-5-7-9-11)17(3)15(19)16(10)2/h5-9,13H,1-4H3. The van der Waals surface area contributed by atoms with Gasteiger partial charge in [-0.25, -0.2) is 9.59 Å². The molecular weight excluding hydrogens is 256 g/mol. The number of allylic oxidation sites excluding steroid dienone is 1. The van der Waals surface area contributed by atoms with E-state index in [0.717, 1.165) is 5.56 Å². The van der Waals surface area contributed by atoms with Crippen molar-refractivity contribution >= 4 is 12.0 Å². The van der Waals surface area contributed by atoms with Crippen LogP contribution in [0.1, 0.15) is 18.5 Å². The summed E-state index contributed by atoms with van der Waals surface area (Å²) in [7, 11) is 4.69. The maximum Gasteiger partial charge on any atom is 0.337 e. The van der Waals surface area contributed by atoms with Crippen molar-refractivity contribution in [2.24, 2.45) is 0 Å². The van der Waals surface area contributed by atoms with Crippen LogP contribution >= 0.6 is 0 Å². The van der Waals surface area contributed by atoms with Crippen LogP contribution in [0.25, 0.3) is 0 Å². The Hall–Kier alpha value is -2.30. The Bertz CT molecular complexity index is 566. The molecular formula is C15H18N2O3. The lowest BCUT2D eigenvalue weighted by Gasteiger charge is -2.39. The summed E-state index contributed by atoms with van der Waals surface area (Å²) in [6, 6.07) is 8.89. The monoisotopic (exact) mass is 274 g/mol. The van der Waals surface area contributed by atoms with E-state index >= 15 is 0 Å². The van der Waals surface area contributed by atoms with Gasteiger partial charge in [-0.15, -0.1) is 0 Å². The van der Waals surface area contributed by atoms with Gasteiger partial charge in [0.1, 0.15) is 0 Å². The first kappa shape index (κ1) is 14.1. The third-order valence-corrected chi connectivity index (χ3v) is 3.66. The number of carbonyl (C=O) groups excluding carboxylic acids is 2. The van der Waals surface area contributed by atoms with Crippen molar-refractivity contribution < 1.29 is 14.3 Å². The normalized spacial score (nSPS) is 19.4. The predicted molar refractivity (Wildman–Crippen MR) is 74.8 cm³/mol. The Kier molecular flexibility index (Phi) is 3.79. The highest BCUT2D eigenvalue weighted by Gasteiger charge is 2.38. The van der Waals surface area contributed by atoms with Crippen LogP contribution in [0.3, 0.4) is 0 Å². The van der Waals surface area contributed by atoms with Crippen molar-refractivity contribution in [3.63, 3.8) is 0 Å². The van der Waals surface area contributed by atoms with E-state index in [2.05, 4.69) is 0 Å². The minimum atomic E-state index is -0.424. The van der Waals surface area contributed by atoms with Crippen LogP contribution in [0.2, 0.25) is 0 Å². The lowest BCUT2D eigenvalue weighted by Crippen LogP contribution is -2.47. The summed E-state index contributed by atoms with van der Waals surface area (Å²) in [5, 5.41) is 0. The summed E-state index contributed by atoms with van der Waals surface area (Å²) in [6.45, 7) is 1.76. The van der Waals surface area contributed by atoms with Gasteiger partial charge >= 0.3 is 12.0 Å². The molecule has 0 aromatic heterocycles. The number of esters is 1. The van der Waals surface area contributed by atoms with Crippen molar-refractivity contribution in [2.45, 2.75) is 13.0 Å². The number of ether oxygens (including phenoxy) is 1. The molecule has 1 aromatic carbocycles. The van der Waals surface area contributed by atoms with Gasteiger partial charge in [0.15, 0.2) is 0 Å². The highest BCUT2D eigenvalue weighted by Crippen LogP contribution is 2.35. The van der Waals surface area contributed by atoms with Gasteiger partial charge in [-0.3, -0.25) is 0 Å². The molecule has 20 heavy (non-hydrogen) atoms. The minimum absolute atomic E-state index is 0.149. The molecule has 1 aliphatic heterocycles. The number of nitrogens with zero attached hydrogens (tertiary/aromatic N) is 2. The van der Waals surface area contributed by atoms with E-state index in [1.165, 1.54) is 12.0 Å². The third kappa shape index (κ3) is 2.15. The van der Waals surface area contributed by atoms with Gasteiger partial charge in [0.25, 0.3) is 0 Å². The molecule has 0 fully saturated rings. The molecule has 0 spiro atoms. The van der Waals surface area contributed by atoms with E-state index in [-0.39, 0.29) is 6.03 Å². The molecule has 5 heteroatoms. The summed E-state index contributed by atoms with van der Waals surface area (Å²) in [6.07, 6.45) is 0. The number of urea groups is 1. The van der Waals surface area contributed by atoms with Crippen LogP contribution in [-0.2, 0) is 9.53 Å². The van der Waals surface area contributed by atoms with Crippen LogP contribution in [0.15, 0.2) is 41.6 Å². The molecule has 0 radical (unpaired) electrons. The molecule has 0 N–H and O–H groups in total. The van der Waals surface area contributed by atoms with Crippen LogP contribution < -0.4 is 0 Å². The van der Waals surface area contributed by atoms with Crippen molar-refractivity contribution in [1.29, 1.82) is 0 Å². The largest absolute Gasteiger partial charge is 0.466 e. The topological polar surface area (TPSA) is 49.9 Å². The van der Waals surface area contributed by atoms with E-state index in [4.69, 9.17) is 4.74 Å².